The maximum absolute atomic E-state index is 13.2. The number of aliphatic hydroxyl groups excluding tert-OH is 4. The van der Waals surface area contributed by atoms with Gasteiger partial charge in [-0.2, -0.15) is 0 Å². The third-order valence-corrected chi connectivity index (χ3v) is 8.61. The molecule has 25 heavy (non-hydrogen) atoms. The molecule has 3 saturated heterocycles. The predicted octanol–water partition coefficient (Wildman–Crippen LogP) is -8.28. The summed E-state index contributed by atoms with van der Waals surface area (Å²) in [4.78, 5) is 2.94. The van der Waals surface area contributed by atoms with Crippen molar-refractivity contribution >= 4 is 5.96 Å². The number of guanidine groups is 1. The van der Waals surface area contributed by atoms with Crippen LogP contribution in [0.1, 0.15) is 0 Å². The van der Waals surface area contributed by atoms with Crippen LogP contribution >= 0.6 is 0 Å². The quantitative estimate of drug-likeness (QED) is 0.224. The first-order valence-corrected chi connectivity index (χ1v) is 8.31. The van der Waals surface area contributed by atoms with E-state index in [9.17, 15) is 30.6 Å². The molecular formula is C14H17N3O8. The van der Waals surface area contributed by atoms with E-state index in [2.05, 4.69) is 10.3 Å². The van der Waals surface area contributed by atoms with E-state index in [1.165, 1.54) is 0 Å². The van der Waals surface area contributed by atoms with Gasteiger partial charge in [0.25, 0.3) is 0 Å². The number of fused-ring (bicyclic) bond motifs is 1. The lowest BCUT2D eigenvalue weighted by Gasteiger charge is -2.94. The van der Waals surface area contributed by atoms with E-state index in [1.54, 1.807) is 0 Å². The molecule has 11 heteroatoms. The molecule has 4 heterocycles. The normalized spacial score (nSPS) is 77.9. The van der Waals surface area contributed by atoms with E-state index >= 15 is 0 Å². The van der Waals surface area contributed by atoms with Crippen LogP contribution in [0.4, 0.5) is 0 Å². The van der Waals surface area contributed by atoms with Crippen LogP contribution in [0.5, 0.6) is 0 Å². The van der Waals surface area contributed by atoms with Crippen molar-refractivity contribution in [2.24, 2.45) is 23.0 Å². The molecule has 8 aliphatic rings. The molecule has 0 aromatic carbocycles. The van der Waals surface area contributed by atoms with Crippen LogP contribution in [0.3, 0.4) is 0 Å². The van der Waals surface area contributed by atoms with Crippen molar-refractivity contribution < 1.29 is 45.1 Å². The third kappa shape index (κ3) is 0.724. The first kappa shape index (κ1) is 14.1. The van der Waals surface area contributed by atoms with Gasteiger partial charge in [-0.1, -0.05) is 0 Å². The molecule has 0 radical (unpaired) electrons. The molecule has 0 amide bonds. The number of nitrogens with one attached hydrogen (secondary N) is 2. The SMILES string of the molecule is NC1=[NH+][C@@]23C(O)[C@@H]4C5C(O)(CO)C6OC7([O-])O[C@@]65C42[C@H](O)[C@]3(N1)[C@@H]7O. The molecule has 9 N–H and O–H groups in total. The molecular weight excluding hydrogens is 338 g/mol. The van der Waals surface area contributed by atoms with Crippen LogP contribution in [0.15, 0.2) is 0 Å². The molecule has 8 rings (SSSR count). The standard InChI is InChI=1S/C14H16N3O8/c15-8-16-11-5(20)10-2(4(19)13(10,11)17-8)3-9(22,1-18)7-12(3,10)25-14(23,24-7)6(11)21/h2-7,18-22H,1H2,(H3,15,16,17)/q-1/p+1/t2-,3?,4?,5-,6-,7?,9?,10?,11-,12+,13-,14?/m0/s1. The maximum Gasteiger partial charge on any atom is 0.342 e. The van der Waals surface area contributed by atoms with Crippen LogP contribution in [-0.4, -0.2) is 90.8 Å². The van der Waals surface area contributed by atoms with Gasteiger partial charge in [0.05, 0.1) is 18.1 Å². The second kappa shape index (κ2) is 2.98. The number of ether oxygens (including phenoxy) is 2. The van der Waals surface area contributed by atoms with Crippen LogP contribution in [0, 0.1) is 17.3 Å². The Morgan fingerprint density at radius 3 is 2.68 bits per heavy atom. The average Bonchev–Trinajstić information content (AvgIpc) is 3.02. The van der Waals surface area contributed by atoms with Gasteiger partial charge >= 0.3 is 5.96 Å². The summed E-state index contributed by atoms with van der Waals surface area (Å²) >= 11 is 0. The first-order valence-electron chi connectivity index (χ1n) is 8.31. The van der Waals surface area contributed by atoms with Gasteiger partial charge in [0.1, 0.15) is 35.5 Å². The highest BCUT2D eigenvalue weighted by atomic mass is 16.9. The maximum atomic E-state index is 13.2. The molecule has 4 spiro atoms. The van der Waals surface area contributed by atoms with Gasteiger partial charge in [-0.25, -0.2) is 0 Å². The second-order valence-corrected chi connectivity index (χ2v) is 8.61. The zero-order chi connectivity index (χ0) is 17.6. The molecule has 4 saturated carbocycles. The summed E-state index contributed by atoms with van der Waals surface area (Å²) in [7, 11) is 0. The topological polar surface area (TPSA) is 195 Å². The molecule has 4 bridgehead atoms. The van der Waals surface area contributed by atoms with Crippen molar-refractivity contribution in [1.29, 1.82) is 0 Å². The Hall–Kier alpha value is -1.05. The molecule has 136 valence electrons. The molecule has 12 atom stereocenters. The van der Waals surface area contributed by atoms with Crippen molar-refractivity contribution in [1.82, 2.24) is 5.32 Å². The van der Waals surface area contributed by atoms with Crippen molar-refractivity contribution in [3.63, 3.8) is 0 Å². The van der Waals surface area contributed by atoms with Crippen LogP contribution in [-0.2, 0) is 9.47 Å². The van der Waals surface area contributed by atoms with Gasteiger partial charge in [0, 0.05) is 11.8 Å². The van der Waals surface area contributed by atoms with Gasteiger partial charge in [-0.05, 0) is 0 Å². The minimum absolute atomic E-state index is 0.0329. The highest BCUT2D eigenvalue weighted by Crippen LogP contribution is 2.93. The number of nitrogens with two attached hydrogens (primary N) is 1. The van der Waals surface area contributed by atoms with E-state index in [-0.39, 0.29) is 5.96 Å². The van der Waals surface area contributed by atoms with Crippen molar-refractivity contribution in [2.45, 2.75) is 52.7 Å². The Bertz CT molecular complexity index is 816. The predicted molar refractivity (Wildman–Crippen MR) is 69.6 cm³/mol. The molecule has 4 aliphatic heterocycles. The number of hydrogen-bond acceptors (Lipinski definition) is 10. The molecule has 7 fully saturated rings. The van der Waals surface area contributed by atoms with E-state index in [4.69, 9.17) is 15.2 Å². The minimum Gasteiger partial charge on any atom is -0.805 e. The Morgan fingerprint density at radius 2 is 2.00 bits per heavy atom. The van der Waals surface area contributed by atoms with Gasteiger partial charge in [-0.15, -0.1) is 0 Å². The number of rotatable bonds is 1. The fraction of sp³-hybridized carbons (Fsp3) is 0.929. The molecule has 11 nitrogen and oxygen atoms in total. The smallest absolute Gasteiger partial charge is 0.342 e. The van der Waals surface area contributed by atoms with Gasteiger partial charge in [0.15, 0.2) is 11.1 Å². The highest BCUT2D eigenvalue weighted by molar-refractivity contribution is 5.79. The van der Waals surface area contributed by atoms with Crippen molar-refractivity contribution in [3.8, 4) is 0 Å². The molecule has 0 aromatic rings. The summed E-state index contributed by atoms with van der Waals surface area (Å²) < 4.78 is 11.1. The van der Waals surface area contributed by atoms with Crippen molar-refractivity contribution in [2.75, 3.05) is 6.61 Å². The lowest BCUT2D eigenvalue weighted by Crippen LogP contribution is -3.23. The average molecular weight is 355 g/mol. The summed E-state index contributed by atoms with van der Waals surface area (Å²) in [6, 6.07) is 0. The lowest BCUT2D eigenvalue weighted by molar-refractivity contribution is -0.724. The lowest BCUT2D eigenvalue weighted by atomic mass is 9.10. The third-order valence-electron chi connectivity index (χ3n) is 8.61. The summed E-state index contributed by atoms with van der Waals surface area (Å²) in [5, 5.41) is 69.4. The van der Waals surface area contributed by atoms with E-state index in [0.717, 1.165) is 0 Å². The summed E-state index contributed by atoms with van der Waals surface area (Å²) in [5.74, 6) is -4.14. The summed E-state index contributed by atoms with van der Waals surface area (Å²) in [5.41, 5.74) is -1.42. The monoisotopic (exact) mass is 355 g/mol. The largest absolute Gasteiger partial charge is 0.805 e. The zero-order valence-electron chi connectivity index (χ0n) is 12.7. The number of hydrogen-bond donors (Lipinski definition) is 8. The molecule has 0 aromatic heterocycles. The first-order chi connectivity index (χ1) is 11.7. The summed E-state index contributed by atoms with van der Waals surface area (Å²) in [6.07, 6.45) is -5.49. The van der Waals surface area contributed by atoms with Gasteiger partial charge in [0.2, 0.25) is 0 Å². The Morgan fingerprint density at radius 1 is 1.28 bits per heavy atom. The van der Waals surface area contributed by atoms with Crippen LogP contribution in [0.2, 0.25) is 0 Å². The fourth-order valence-electron chi connectivity index (χ4n) is 8.31. The molecule has 6 unspecified atom stereocenters. The highest BCUT2D eigenvalue weighted by Gasteiger charge is 3.16. The number of aliphatic hydroxyl groups is 5. The Balaban J connectivity index is 1.57. The van der Waals surface area contributed by atoms with Gasteiger partial charge < -0.3 is 40.1 Å². The second-order valence-electron chi connectivity index (χ2n) is 8.61. The van der Waals surface area contributed by atoms with E-state index < -0.39 is 76.5 Å². The van der Waals surface area contributed by atoms with Crippen LogP contribution < -0.4 is 21.1 Å². The van der Waals surface area contributed by atoms with Crippen molar-refractivity contribution in [3.05, 3.63) is 0 Å². The minimum atomic E-state index is -2.76. The summed E-state index contributed by atoms with van der Waals surface area (Å²) in [6.45, 7) is -0.687. The Labute approximate surface area is 139 Å². The van der Waals surface area contributed by atoms with Gasteiger partial charge in [-0.3, -0.25) is 16.0 Å². The van der Waals surface area contributed by atoms with E-state index in [1.807, 2.05) is 0 Å². The van der Waals surface area contributed by atoms with E-state index in [0.29, 0.717) is 0 Å². The van der Waals surface area contributed by atoms with Crippen LogP contribution in [0.25, 0.3) is 0 Å². The fourth-order valence-corrected chi connectivity index (χ4v) is 8.31. The zero-order valence-corrected chi connectivity index (χ0v) is 12.7. The Kier molecular flexibility index (Phi) is 1.67. The molecule has 4 aliphatic carbocycles.